The molecule has 0 spiro atoms. The molecule has 2 heterocycles. The molecule has 0 aliphatic heterocycles. The van der Waals surface area contributed by atoms with Crippen molar-refractivity contribution in [1.82, 2.24) is 20.0 Å². The summed E-state index contributed by atoms with van der Waals surface area (Å²) in [6.45, 7) is 1.96. The van der Waals surface area contributed by atoms with Crippen LogP contribution in [0.4, 0.5) is 17.2 Å². The van der Waals surface area contributed by atoms with Crippen LogP contribution in [0, 0.1) is 6.92 Å². The second-order valence-electron chi connectivity index (χ2n) is 6.96. The molecule has 2 aromatic heterocycles. The van der Waals surface area contributed by atoms with Crippen molar-refractivity contribution in [3.05, 3.63) is 84.2 Å². The molecule has 0 aliphatic rings. The first-order chi connectivity index (χ1) is 15.1. The molecule has 0 unspecified atom stereocenters. The smallest absolute Gasteiger partial charge is 0.228 e. The third-order valence-corrected chi connectivity index (χ3v) is 4.65. The van der Waals surface area contributed by atoms with Gasteiger partial charge in [0.05, 0.1) is 13.5 Å². The fourth-order valence-electron chi connectivity index (χ4n) is 3.14. The number of carbonyl (C=O) groups is 1. The van der Waals surface area contributed by atoms with E-state index in [4.69, 9.17) is 4.74 Å². The number of hydrogen-bond acceptors (Lipinski definition) is 6. The van der Waals surface area contributed by atoms with Crippen molar-refractivity contribution in [2.45, 2.75) is 13.3 Å². The van der Waals surface area contributed by atoms with Gasteiger partial charge in [-0.3, -0.25) is 4.79 Å². The standard InChI is InChI=1S/C23H22N6O2/c1-16-14-17(4-9-20(16)31-2)15-23(30)26-19-7-5-18(6-8-19)25-21-10-11-22(28-27-21)29-13-3-12-24-29/h3-14H,15H2,1-2H3,(H,25,27)(H,26,30). The summed E-state index contributed by atoms with van der Waals surface area (Å²) in [7, 11) is 1.64. The molecule has 2 N–H and O–H groups in total. The number of anilines is 3. The van der Waals surface area contributed by atoms with Crippen molar-refractivity contribution in [1.29, 1.82) is 0 Å². The molecule has 0 bridgehead atoms. The van der Waals surface area contributed by atoms with Gasteiger partial charge in [0.25, 0.3) is 0 Å². The number of aryl methyl sites for hydroxylation is 1. The monoisotopic (exact) mass is 414 g/mol. The maximum Gasteiger partial charge on any atom is 0.228 e. The number of ether oxygens (including phenoxy) is 1. The molecule has 0 saturated carbocycles. The van der Waals surface area contributed by atoms with Gasteiger partial charge in [0.2, 0.25) is 5.91 Å². The lowest BCUT2D eigenvalue weighted by atomic mass is 10.1. The van der Waals surface area contributed by atoms with Crippen molar-refractivity contribution in [3.8, 4) is 11.6 Å². The Hall–Kier alpha value is -4.20. The quantitative estimate of drug-likeness (QED) is 0.476. The lowest BCUT2D eigenvalue weighted by molar-refractivity contribution is -0.115. The van der Waals surface area contributed by atoms with Crippen LogP contribution >= 0.6 is 0 Å². The highest BCUT2D eigenvalue weighted by molar-refractivity contribution is 5.92. The molecule has 8 heteroatoms. The molecule has 8 nitrogen and oxygen atoms in total. The van der Waals surface area contributed by atoms with E-state index in [1.807, 2.05) is 67.6 Å². The summed E-state index contributed by atoms with van der Waals surface area (Å²) in [6, 6.07) is 18.6. The molecule has 0 atom stereocenters. The van der Waals surface area contributed by atoms with Crippen molar-refractivity contribution in [3.63, 3.8) is 0 Å². The number of aromatic nitrogens is 4. The highest BCUT2D eigenvalue weighted by Gasteiger charge is 2.07. The van der Waals surface area contributed by atoms with Gasteiger partial charge in [-0.2, -0.15) is 5.10 Å². The summed E-state index contributed by atoms with van der Waals surface area (Å²) in [5.41, 5.74) is 3.50. The fourth-order valence-corrected chi connectivity index (χ4v) is 3.14. The average Bonchev–Trinajstić information content (AvgIpc) is 3.31. The second-order valence-corrected chi connectivity index (χ2v) is 6.96. The van der Waals surface area contributed by atoms with E-state index < -0.39 is 0 Å². The highest BCUT2D eigenvalue weighted by Crippen LogP contribution is 2.20. The molecule has 4 aromatic rings. The van der Waals surface area contributed by atoms with Crippen LogP contribution < -0.4 is 15.4 Å². The Kier molecular flexibility index (Phi) is 5.89. The Bertz CT molecular complexity index is 1160. The number of methoxy groups -OCH3 is 1. The molecule has 1 amide bonds. The highest BCUT2D eigenvalue weighted by atomic mass is 16.5. The van der Waals surface area contributed by atoms with Crippen LogP contribution in [0.5, 0.6) is 5.75 Å². The van der Waals surface area contributed by atoms with Crippen molar-refractivity contribution < 1.29 is 9.53 Å². The number of nitrogens with one attached hydrogen (secondary N) is 2. The second kappa shape index (κ2) is 9.08. The van der Waals surface area contributed by atoms with Gasteiger partial charge in [-0.1, -0.05) is 12.1 Å². The minimum atomic E-state index is -0.0784. The van der Waals surface area contributed by atoms with E-state index in [0.29, 0.717) is 18.1 Å². The maximum atomic E-state index is 12.4. The largest absolute Gasteiger partial charge is 0.496 e. The van der Waals surface area contributed by atoms with E-state index in [9.17, 15) is 4.79 Å². The summed E-state index contributed by atoms with van der Waals surface area (Å²) in [6.07, 6.45) is 3.79. The zero-order valence-corrected chi connectivity index (χ0v) is 17.2. The molecule has 0 saturated heterocycles. The maximum absolute atomic E-state index is 12.4. The first kappa shape index (κ1) is 20.1. The van der Waals surface area contributed by atoms with Crippen molar-refractivity contribution in [2.75, 3.05) is 17.7 Å². The molecule has 4 rings (SSSR count). The van der Waals surface area contributed by atoms with Gasteiger partial charge in [-0.15, -0.1) is 10.2 Å². The normalized spacial score (nSPS) is 10.5. The summed E-state index contributed by atoms with van der Waals surface area (Å²) >= 11 is 0. The summed E-state index contributed by atoms with van der Waals surface area (Å²) < 4.78 is 6.90. The number of hydrogen-bond donors (Lipinski definition) is 2. The van der Waals surface area contributed by atoms with Crippen LogP contribution in [-0.2, 0) is 11.2 Å². The van der Waals surface area contributed by atoms with E-state index in [0.717, 1.165) is 28.3 Å². The lowest BCUT2D eigenvalue weighted by Gasteiger charge is -2.10. The third kappa shape index (κ3) is 5.05. The van der Waals surface area contributed by atoms with Gasteiger partial charge >= 0.3 is 0 Å². The van der Waals surface area contributed by atoms with Crippen LogP contribution in [0.15, 0.2) is 73.1 Å². The number of benzene rings is 2. The Morgan fingerprint density at radius 1 is 1.03 bits per heavy atom. The molecule has 31 heavy (non-hydrogen) atoms. The predicted octanol–water partition coefficient (Wildman–Crippen LogP) is 3.90. The number of carbonyl (C=O) groups excluding carboxylic acids is 1. The summed E-state index contributed by atoms with van der Waals surface area (Å²) in [5.74, 6) is 1.99. The van der Waals surface area contributed by atoms with Crippen molar-refractivity contribution >= 4 is 23.1 Å². The van der Waals surface area contributed by atoms with Crippen LogP contribution in [0.3, 0.4) is 0 Å². The van der Waals surface area contributed by atoms with Gasteiger partial charge in [-0.05, 0) is 66.6 Å². The average molecular weight is 414 g/mol. The van der Waals surface area contributed by atoms with Gasteiger partial charge in [0.1, 0.15) is 5.75 Å². The zero-order chi connectivity index (χ0) is 21.6. The summed E-state index contributed by atoms with van der Waals surface area (Å²) in [5, 5.41) is 18.5. The fraction of sp³-hybridized carbons (Fsp3) is 0.130. The molecule has 0 fully saturated rings. The van der Waals surface area contributed by atoms with Gasteiger partial charge in [0.15, 0.2) is 11.6 Å². The number of amides is 1. The SMILES string of the molecule is COc1ccc(CC(=O)Nc2ccc(Nc3ccc(-n4cccn4)nn3)cc2)cc1C. The first-order valence-corrected chi connectivity index (χ1v) is 9.75. The van der Waals surface area contributed by atoms with Crippen LogP contribution in [-0.4, -0.2) is 33.0 Å². The van der Waals surface area contributed by atoms with Crippen LogP contribution in [0.2, 0.25) is 0 Å². The van der Waals surface area contributed by atoms with Crippen LogP contribution in [0.1, 0.15) is 11.1 Å². The first-order valence-electron chi connectivity index (χ1n) is 9.75. The Morgan fingerprint density at radius 2 is 1.84 bits per heavy atom. The molecule has 0 aliphatic carbocycles. The molecule has 2 aromatic carbocycles. The summed E-state index contributed by atoms with van der Waals surface area (Å²) in [4.78, 5) is 12.4. The molecule has 156 valence electrons. The van der Waals surface area contributed by atoms with Gasteiger partial charge < -0.3 is 15.4 Å². The van der Waals surface area contributed by atoms with E-state index in [-0.39, 0.29) is 5.91 Å². The molecular weight excluding hydrogens is 392 g/mol. The molecular formula is C23H22N6O2. The van der Waals surface area contributed by atoms with Crippen LogP contribution in [0.25, 0.3) is 5.82 Å². The predicted molar refractivity (Wildman–Crippen MR) is 119 cm³/mol. The van der Waals surface area contributed by atoms with E-state index in [1.54, 1.807) is 24.2 Å². The topological polar surface area (TPSA) is 94.0 Å². The van der Waals surface area contributed by atoms with Crippen molar-refractivity contribution in [2.24, 2.45) is 0 Å². The van der Waals surface area contributed by atoms with E-state index in [1.165, 1.54) is 0 Å². The minimum absolute atomic E-state index is 0.0784. The van der Waals surface area contributed by atoms with Gasteiger partial charge in [0, 0.05) is 23.8 Å². The zero-order valence-electron chi connectivity index (χ0n) is 17.2. The van der Waals surface area contributed by atoms with E-state index >= 15 is 0 Å². The van der Waals surface area contributed by atoms with Gasteiger partial charge in [-0.25, -0.2) is 4.68 Å². The Labute approximate surface area is 179 Å². The lowest BCUT2D eigenvalue weighted by Crippen LogP contribution is -2.14. The number of nitrogens with zero attached hydrogens (tertiary/aromatic N) is 4. The Morgan fingerprint density at radius 3 is 2.48 bits per heavy atom. The Balaban J connectivity index is 1.33. The minimum Gasteiger partial charge on any atom is -0.496 e. The van der Waals surface area contributed by atoms with E-state index in [2.05, 4.69) is 25.9 Å². The molecule has 0 radical (unpaired) electrons. The third-order valence-electron chi connectivity index (χ3n) is 4.65. The number of rotatable bonds is 7.